The first kappa shape index (κ1) is 12.2. The quantitative estimate of drug-likeness (QED) is 0.783. The van der Waals surface area contributed by atoms with E-state index in [1.54, 1.807) is 19.4 Å². The number of benzene rings is 1. The van der Waals surface area contributed by atoms with Gasteiger partial charge in [0.2, 0.25) is 0 Å². The number of ketones is 1. The molecule has 0 unspecified atom stereocenters. The summed E-state index contributed by atoms with van der Waals surface area (Å²) < 4.78 is 0. The van der Waals surface area contributed by atoms with Gasteiger partial charge in [-0.1, -0.05) is 32.0 Å². The predicted molar refractivity (Wildman–Crippen MR) is 65.4 cm³/mol. The van der Waals surface area contributed by atoms with Crippen LogP contribution >= 0.6 is 0 Å². The maximum atomic E-state index is 11.1. The first-order chi connectivity index (χ1) is 7.77. The molecular weight excluding hydrogens is 200 g/mol. The zero-order valence-electron chi connectivity index (χ0n) is 9.82. The summed E-state index contributed by atoms with van der Waals surface area (Å²) in [4.78, 5) is 18.1. The molecule has 0 aliphatic carbocycles. The fraction of sp³-hybridized carbons (Fsp3) is 0.231. The van der Waals surface area contributed by atoms with Crippen molar-refractivity contribution in [2.45, 2.75) is 20.8 Å². The third kappa shape index (κ3) is 2.79. The van der Waals surface area contributed by atoms with Crippen molar-refractivity contribution in [2.24, 2.45) is 0 Å². The number of nitrogens with zero attached hydrogens (tertiary/aromatic N) is 1. The Morgan fingerprint density at radius 3 is 2.62 bits per heavy atom. The number of H-pyrrole nitrogens is 1. The number of nitrogens with one attached hydrogen (secondary N) is 1. The molecule has 2 rings (SSSR count). The molecule has 0 saturated heterocycles. The van der Waals surface area contributed by atoms with Gasteiger partial charge >= 0.3 is 0 Å². The van der Waals surface area contributed by atoms with Gasteiger partial charge in [-0.05, 0) is 13.0 Å². The average Bonchev–Trinajstić information content (AvgIpc) is 2.85. The molecule has 1 N–H and O–H groups in total. The zero-order valence-corrected chi connectivity index (χ0v) is 9.82. The lowest BCUT2D eigenvalue weighted by Crippen LogP contribution is -1.91. The number of aromatic amines is 1. The van der Waals surface area contributed by atoms with Crippen LogP contribution in [0.2, 0.25) is 0 Å². The van der Waals surface area contributed by atoms with Crippen molar-refractivity contribution in [1.82, 2.24) is 9.97 Å². The van der Waals surface area contributed by atoms with E-state index in [4.69, 9.17) is 0 Å². The number of carbonyl (C=O) groups excluding carboxylic acids is 1. The smallest absolute Gasteiger partial charge is 0.159 e. The van der Waals surface area contributed by atoms with Crippen molar-refractivity contribution in [3.63, 3.8) is 0 Å². The Bertz CT molecular complexity index is 447. The van der Waals surface area contributed by atoms with Gasteiger partial charge in [0.25, 0.3) is 0 Å². The molecule has 0 saturated carbocycles. The highest BCUT2D eigenvalue weighted by atomic mass is 16.1. The molecule has 2 aromatic rings. The fourth-order valence-corrected chi connectivity index (χ4v) is 1.32. The molecule has 16 heavy (non-hydrogen) atoms. The zero-order chi connectivity index (χ0) is 12.0. The van der Waals surface area contributed by atoms with E-state index >= 15 is 0 Å². The second-order valence-corrected chi connectivity index (χ2v) is 3.10. The Hall–Kier alpha value is -1.90. The van der Waals surface area contributed by atoms with Gasteiger partial charge in [-0.2, -0.15) is 0 Å². The van der Waals surface area contributed by atoms with Crippen LogP contribution in [0.3, 0.4) is 0 Å². The highest BCUT2D eigenvalue weighted by molar-refractivity contribution is 5.95. The molecule has 1 aromatic heterocycles. The Balaban J connectivity index is 0.000000606. The first-order valence-corrected chi connectivity index (χ1v) is 5.37. The predicted octanol–water partition coefficient (Wildman–Crippen LogP) is 3.31. The maximum Gasteiger partial charge on any atom is 0.159 e. The second-order valence-electron chi connectivity index (χ2n) is 3.10. The second kappa shape index (κ2) is 5.85. The van der Waals surface area contributed by atoms with Crippen LogP contribution in [0.4, 0.5) is 0 Å². The highest BCUT2D eigenvalue weighted by Crippen LogP contribution is 2.17. The van der Waals surface area contributed by atoms with Crippen molar-refractivity contribution < 1.29 is 4.79 Å². The lowest BCUT2D eigenvalue weighted by molar-refractivity contribution is 0.101. The summed E-state index contributed by atoms with van der Waals surface area (Å²) in [5.74, 6) is 0.0753. The monoisotopic (exact) mass is 216 g/mol. The Morgan fingerprint density at radius 2 is 2.06 bits per heavy atom. The summed E-state index contributed by atoms with van der Waals surface area (Å²) in [7, 11) is 0. The molecule has 0 radical (unpaired) electrons. The highest BCUT2D eigenvalue weighted by Gasteiger charge is 2.02. The van der Waals surface area contributed by atoms with Crippen LogP contribution in [0, 0.1) is 0 Å². The van der Waals surface area contributed by atoms with Gasteiger partial charge < -0.3 is 4.98 Å². The van der Waals surface area contributed by atoms with Crippen LogP contribution < -0.4 is 0 Å². The van der Waals surface area contributed by atoms with Gasteiger partial charge in [-0.25, -0.2) is 4.98 Å². The number of Topliss-reactive ketones (excluding diaryl/α,β-unsaturated/α-hetero) is 1. The third-order valence-electron chi connectivity index (χ3n) is 2.08. The molecule has 84 valence electrons. The molecule has 0 aliphatic rings. The van der Waals surface area contributed by atoms with Crippen molar-refractivity contribution >= 4 is 5.78 Å². The van der Waals surface area contributed by atoms with E-state index < -0.39 is 0 Å². The van der Waals surface area contributed by atoms with Crippen LogP contribution in [0.15, 0.2) is 36.8 Å². The SMILES string of the molecule is CC.CC(=O)c1cccc(-c2cnc[nH]2)c1. The number of rotatable bonds is 2. The molecule has 1 heterocycles. The van der Waals surface area contributed by atoms with Gasteiger partial charge in [-0.3, -0.25) is 4.79 Å². The Morgan fingerprint density at radius 1 is 1.31 bits per heavy atom. The molecule has 0 fully saturated rings. The minimum Gasteiger partial charge on any atom is -0.345 e. The summed E-state index contributed by atoms with van der Waals surface area (Å²) in [5.41, 5.74) is 2.63. The van der Waals surface area contributed by atoms with Gasteiger partial charge in [0, 0.05) is 11.1 Å². The van der Waals surface area contributed by atoms with Crippen molar-refractivity contribution in [2.75, 3.05) is 0 Å². The van der Waals surface area contributed by atoms with Crippen LogP contribution in [0.1, 0.15) is 31.1 Å². The molecule has 0 aliphatic heterocycles. The number of imidazole rings is 1. The van der Waals surface area contributed by atoms with E-state index in [0.29, 0.717) is 0 Å². The molecule has 0 atom stereocenters. The summed E-state index contributed by atoms with van der Waals surface area (Å²) in [6, 6.07) is 7.48. The number of hydrogen-bond donors (Lipinski definition) is 1. The summed E-state index contributed by atoms with van der Waals surface area (Å²) in [5, 5.41) is 0. The molecule has 3 nitrogen and oxygen atoms in total. The molecule has 3 heteroatoms. The third-order valence-corrected chi connectivity index (χ3v) is 2.08. The first-order valence-electron chi connectivity index (χ1n) is 5.37. The minimum absolute atomic E-state index is 0.0753. The average molecular weight is 216 g/mol. The lowest BCUT2D eigenvalue weighted by atomic mass is 10.1. The van der Waals surface area contributed by atoms with Crippen LogP contribution in [0.25, 0.3) is 11.3 Å². The van der Waals surface area contributed by atoms with Crippen molar-refractivity contribution in [3.05, 3.63) is 42.4 Å². The van der Waals surface area contributed by atoms with Gasteiger partial charge in [0.15, 0.2) is 5.78 Å². The van der Waals surface area contributed by atoms with Crippen LogP contribution in [-0.2, 0) is 0 Å². The molecule has 0 bridgehead atoms. The van der Waals surface area contributed by atoms with E-state index in [-0.39, 0.29) is 5.78 Å². The molecular formula is C13H16N2O. The van der Waals surface area contributed by atoms with Crippen molar-refractivity contribution in [1.29, 1.82) is 0 Å². The standard InChI is InChI=1S/C11H10N2O.C2H6/c1-8(14)9-3-2-4-10(5-9)11-6-12-7-13-11;1-2/h2-7H,1H3,(H,12,13);1-2H3. The van der Waals surface area contributed by atoms with Gasteiger partial charge in [0.1, 0.15) is 0 Å². The Kier molecular flexibility index (Phi) is 4.45. The van der Waals surface area contributed by atoms with Gasteiger partial charge in [-0.15, -0.1) is 0 Å². The number of aromatic nitrogens is 2. The number of carbonyl (C=O) groups is 1. The largest absolute Gasteiger partial charge is 0.345 e. The maximum absolute atomic E-state index is 11.1. The van der Waals surface area contributed by atoms with Crippen LogP contribution in [-0.4, -0.2) is 15.8 Å². The summed E-state index contributed by atoms with van der Waals surface area (Å²) >= 11 is 0. The summed E-state index contributed by atoms with van der Waals surface area (Å²) in [6.45, 7) is 5.56. The molecule has 0 spiro atoms. The van der Waals surface area contributed by atoms with E-state index in [9.17, 15) is 4.79 Å². The minimum atomic E-state index is 0.0753. The van der Waals surface area contributed by atoms with Crippen molar-refractivity contribution in [3.8, 4) is 11.3 Å². The van der Waals surface area contributed by atoms with E-state index in [1.807, 2.05) is 38.1 Å². The van der Waals surface area contributed by atoms with Gasteiger partial charge in [0.05, 0.1) is 18.2 Å². The lowest BCUT2D eigenvalue weighted by Gasteiger charge is -1.99. The topological polar surface area (TPSA) is 45.8 Å². The van der Waals surface area contributed by atoms with Crippen LogP contribution in [0.5, 0.6) is 0 Å². The Labute approximate surface area is 95.5 Å². The fourth-order valence-electron chi connectivity index (χ4n) is 1.32. The van der Waals surface area contributed by atoms with E-state index in [2.05, 4.69) is 9.97 Å². The summed E-state index contributed by atoms with van der Waals surface area (Å²) in [6.07, 6.45) is 3.36. The normalized spacial score (nSPS) is 9.19. The molecule has 1 aromatic carbocycles. The number of hydrogen-bond acceptors (Lipinski definition) is 2. The molecule has 0 amide bonds. The van der Waals surface area contributed by atoms with E-state index in [0.717, 1.165) is 16.8 Å². The van der Waals surface area contributed by atoms with E-state index in [1.165, 1.54) is 0 Å².